The summed E-state index contributed by atoms with van der Waals surface area (Å²) in [5.74, 6) is 0. The molecule has 3 aromatic rings. The molecule has 8 heteroatoms. The van der Waals surface area contributed by atoms with Crippen molar-refractivity contribution in [3.05, 3.63) is 81.8 Å². The molecule has 5 rings (SSSR count). The maximum atomic E-state index is 5.90. The van der Waals surface area contributed by atoms with Gasteiger partial charge in [-0.15, -0.1) is 0 Å². The highest BCUT2D eigenvalue weighted by Gasteiger charge is 2.41. The van der Waals surface area contributed by atoms with Crippen LogP contribution in [0, 0.1) is 13.8 Å². The molecule has 0 saturated carbocycles. The molecule has 0 amide bonds. The number of halogens is 1. The van der Waals surface area contributed by atoms with E-state index in [1.54, 1.807) is 0 Å². The molecule has 2 aliphatic heterocycles. The summed E-state index contributed by atoms with van der Waals surface area (Å²) in [6.45, 7) is 10.0. The molecule has 184 valence electrons. The minimum Gasteiger partial charge on any atom is -0.379 e. The fraction of sp³-hybridized carbons (Fsp3) is 0.407. The van der Waals surface area contributed by atoms with Gasteiger partial charge < -0.3 is 19.5 Å². The summed E-state index contributed by atoms with van der Waals surface area (Å²) < 4.78 is 8.93. The minimum atomic E-state index is 0.000232. The van der Waals surface area contributed by atoms with Crippen LogP contribution in [-0.4, -0.2) is 63.9 Å². The molecule has 2 atom stereocenters. The zero-order valence-corrected chi connectivity index (χ0v) is 22.7. The molecule has 2 aromatic heterocycles. The summed E-state index contributed by atoms with van der Waals surface area (Å²) in [6.07, 6.45) is 2.92. The van der Waals surface area contributed by atoms with Gasteiger partial charge >= 0.3 is 0 Å². The van der Waals surface area contributed by atoms with Crippen LogP contribution in [0.1, 0.15) is 41.1 Å². The third-order valence-corrected chi connectivity index (χ3v) is 8.08. The fourth-order valence-electron chi connectivity index (χ4n) is 5.37. The van der Waals surface area contributed by atoms with Crippen LogP contribution in [0.4, 0.5) is 0 Å². The number of morpholine rings is 1. The van der Waals surface area contributed by atoms with Gasteiger partial charge in [0.15, 0.2) is 5.11 Å². The molecule has 0 radical (unpaired) electrons. The number of pyridine rings is 1. The van der Waals surface area contributed by atoms with Crippen LogP contribution in [0.2, 0.25) is 0 Å². The van der Waals surface area contributed by atoms with Crippen LogP contribution in [0.3, 0.4) is 0 Å². The monoisotopic (exact) mass is 553 g/mol. The number of nitrogens with one attached hydrogen (secondary N) is 1. The standard InChI is InChI=1S/C27H32BrN5OS/c1-19-18-21(20(2)33(19)24-10-4-3-8-22(24)28)26-25(23-9-5-6-11-29-23)30-27(35)32(26)13-7-12-31-14-16-34-17-15-31/h3-6,8-11,18,25-26H,7,12-17H2,1-2H3,(H,30,35). The first kappa shape index (κ1) is 24.4. The van der Waals surface area contributed by atoms with E-state index in [1.165, 1.54) is 17.0 Å². The highest BCUT2D eigenvalue weighted by atomic mass is 79.9. The second-order valence-corrected chi connectivity index (χ2v) is 10.5. The molecule has 1 N–H and O–H groups in total. The SMILES string of the molecule is Cc1cc(C2C(c3ccccn3)NC(=S)N2CCCN2CCOCC2)c(C)n1-c1ccccc1Br. The molecule has 0 aliphatic carbocycles. The van der Waals surface area contributed by atoms with E-state index in [9.17, 15) is 0 Å². The van der Waals surface area contributed by atoms with E-state index < -0.39 is 0 Å². The Bertz CT molecular complexity index is 1180. The van der Waals surface area contributed by atoms with Gasteiger partial charge in [-0.1, -0.05) is 18.2 Å². The summed E-state index contributed by atoms with van der Waals surface area (Å²) in [7, 11) is 0. The van der Waals surface area contributed by atoms with Gasteiger partial charge in [0, 0.05) is 48.2 Å². The number of para-hydroxylation sites is 1. The molecular weight excluding hydrogens is 522 g/mol. The second kappa shape index (κ2) is 10.8. The van der Waals surface area contributed by atoms with Gasteiger partial charge in [-0.2, -0.15) is 0 Å². The van der Waals surface area contributed by atoms with E-state index in [0.29, 0.717) is 0 Å². The maximum Gasteiger partial charge on any atom is 0.170 e. The largest absolute Gasteiger partial charge is 0.379 e. The Morgan fingerprint density at radius 1 is 1.09 bits per heavy atom. The Kier molecular flexibility index (Phi) is 7.53. The first-order valence-corrected chi connectivity index (χ1v) is 13.5. The van der Waals surface area contributed by atoms with Gasteiger partial charge in [0.2, 0.25) is 0 Å². The van der Waals surface area contributed by atoms with Gasteiger partial charge in [-0.05, 0) is 84.3 Å². The van der Waals surface area contributed by atoms with Gasteiger partial charge in [-0.25, -0.2) is 0 Å². The van der Waals surface area contributed by atoms with Crippen LogP contribution in [-0.2, 0) is 4.74 Å². The van der Waals surface area contributed by atoms with E-state index in [-0.39, 0.29) is 12.1 Å². The number of benzene rings is 1. The lowest BCUT2D eigenvalue weighted by Gasteiger charge is -2.30. The number of ether oxygens (including phenoxy) is 1. The Morgan fingerprint density at radius 3 is 2.60 bits per heavy atom. The molecular formula is C27H32BrN5OS. The van der Waals surface area contributed by atoms with E-state index in [1.807, 2.05) is 12.3 Å². The van der Waals surface area contributed by atoms with Crippen LogP contribution >= 0.6 is 28.1 Å². The Balaban J connectivity index is 1.48. The average molecular weight is 555 g/mol. The summed E-state index contributed by atoms with van der Waals surface area (Å²) >= 11 is 9.65. The summed E-state index contributed by atoms with van der Waals surface area (Å²) in [6, 6.07) is 16.9. The molecule has 2 saturated heterocycles. The number of aryl methyl sites for hydroxylation is 1. The zero-order chi connectivity index (χ0) is 24.4. The van der Waals surface area contributed by atoms with Gasteiger partial charge in [0.25, 0.3) is 0 Å². The predicted molar refractivity (Wildman–Crippen MR) is 147 cm³/mol. The third-order valence-electron chi connectivity index (χ3n) is 7.06. The number of hydrogen-bond donors (Lipinski definition) is 1. The zero-order valence-electron chi connectivity index (χ0n) is 20.3. The van der Waals surface area contributed by atoms with Crippen molar-refractivity contribution in [1.29, 1.82) is 0 Å². The quantitative estimate of drug-likeness (QED) is 0.418. The molecule has 4 heterocycles. The highest BCUT2D eigenvalue weighted by molar-refractivity contribution is 9.10. The van der Waals surface area contributed by atoms with Crippen LogP contribution < -0.4 is 5.32 Å². The normalized spacial score (nSPS) is 20.9. The first-order valence-electron chi connectivity index (χ1n) is 12.3. The molecule has 0 bridgehead atoms. The van der Waals surface area contributed by atoms with Crippen molar-refractivity contribution in [1.82, 2.24) is 24.7 Å². The summed E-state index contributed by atoms with van der Waals surface area (Å²) in [5.41, 5.74) is 5.88. The lowest BCUT2D eigenvalue weighted by molar-refractivity contribution is 0.0365. The van der Waals surface area contributed by atoms with Crippen molar-refractivity contribution in [3.8, 4) is 5.69 Å². The predicted octanol–water partition coefficient (Wildman–Crippen LogP) is 4.95. The fourth-order valence-corrected chi connectivity index (χ4v) is 6.16. The van der Waals surface area contributed by atoms with Crippen molar-refractivity contribution < 1.29 is 4.74 Å². The van der Waals surface area contributed by atoms with Crippen molar-refractivity contribution in [2.24, 2.45) is 0 Å². The van der Waals surface area contributed by atoms with Crippen molar-refractivity contribution >= 4 is 33.3 Å². The third kappa shape index (κ3) is 5.03. The lowest BCUT2D eigenvalue weighted by atomic mass is 9.96. The van der Waals surface area contributed by atoms with E-state index in [0.717, 1.165) is 66.8 Å². The van der Waals surface area contributed by atoms with Crippen molar-refractivity contribution in [2.75, 3.05) is 39.4 Å². The number of nitrogens with zero attached hydrogens (tertiary/aromatic N) is 4. The van der Waals surface area contributed by atoms with Crippen LogP contribution in [0.5, 0.6) is 0 Å². The summed E-state index contributed by atoms with van der Waals surface area (Å²) in [4.78, 5) is 9.57. The number of rotatable bonds is 7. The molecule has 2 fully saturated rings. The molecule has 35 heavy (non-hydrogen) atoms. The first-order chi connectivity index (χ1) is 17.0. The molecule has 2 unspecified atom stereocenters. The minimum absolute atomic E-state index is 0.000232. The van der Waals surface area contributed by atoms with Crippen molar-refractivity contribution in [2.45, 2.75) is 32.4 Å². The average Bonchev–Trinajstić information content (AvgIpc) is 3.35. The highest BCUT2D eigenvalue weighted by Crippen LogP contribution is 2.41. The maximum absolute atomic E-state index is 5.90. The van der Waals surface area contributed by atoms with E-state index >= 15 is 0 Å². The molecule has 2 aliphatic rings. The van der Waals surface area contributed by atoms with Gasteiger partial charge in [0.05, 0.1) is 36.7 Å². The number of aromatic nitrogens is 2. The molecule has 6 nitrogen and oxygen atoms in total. The van der Waals surface area contributed by atoms with Crippen LogP contribution in [0.25, 0.3) is 5.69 Å². The number of thiocarbonyl (C=S) groups is 1. The van der Waals surface area contributed by atoms with Crippen molar-refractivity contribution in [3.63, 3.8) is 0 Å². The summed E-state index contributed by atoms with van der Waals surface area (Å²) in [5, 5.41) is 4.41. The second-order valence-electron chi connectivity index (χ2n) is 9.24. The van der Waals surface area contributed by atoms with E-state index in [2.05, 4.69) is 91.9 Å². The number of hydrogen-bond acceptors (Lipinski definition) is 4. The van der Waals surface area contributed by atoms with Gasteiger partial charge in [-0.3, -0.25) is 9.88 Å². The van der Waals surface area contributed by atoms with Crippen LogP contribution in [0.15, 0.2) is 59.2 Å². The Morgan fingerprint density at radius 2 is 1.86 bits per heavy atom. The smallest absolute Gasteiger partial charge is 0.170 e. The molecule has 1 aromatic carbocycles. The Hall–Kier alpha value is -2.26. The molecule has 0 spiro atoms. The topological polar surface area (TPSA) is 45.6 Å². The Labute approximate surface area is 221 Å². The van der Waals surface area contributed by atoms with E-state index in [4.69, 9.17) is 21.9 Å². The van der Waals surface area contributed by atoms with Gasteiger partial charge in [0.1, 0.15) is 0 Å². The lowest BCUT2D eigenvalue weighted by Crippen LogP contribution is -2.39.